The maximum Gasteiger partial charge on any atom is 0.135 e. The van der Waals surface area contributed by atoms with E-state index in [0.717, 1.165) is 39.4 Å². The summed E-state index contributed by atoms with van der Waals surface area (Å²) in [5.74, 6) is 0.865. The van der Waals surface area contributed by atoms with E-state index in [1.54, 1.807) is 0 Å². The minimum atomic E-state index is 0.865. The lowest BCUT2D eigenvalue weighted by atomic mass is 9.99. The summed E-state index contributed by atoms with van der Waals surface area (Å²) in [4.78, 5) is 2.29. The first-order chi connectivity index (χ1) is 19.8. The average Bonchev–Trinajstić information content (AvgIpc) is 3.48. The van der Waals surface area contributed by atoms with E-state index in [4.69, 9.17) is 4.42 Å². The third-order valence-electron chi connectivity index (χ3n) is 7.26. The second-order valence-electron chi connectivity index (χ2n) is 9.86. The van der Waals surface area contributed by atoms with Crippen molar-refractivity contribution in [3.8, 4) is 33.6 Å². The largest absolute Gasteiger partial charge is 0.456 e. The number of nitrogens with zero attached hydrogens (tertiary/aromatic N) is 1. The van der Waals surface area contributed by atoms with Crippen molar-refractivity contribution in [3.63, 3.8) is 0 Å². The Morgan fingerprint density at radius 1 is 0.350 bits per heavy atom. The van der Waals surface area contributed by atoms with E-state index in [9.17, 15) is 0 Å². The van der Waals surface area contributed by atoms with Crippen molar-refractivity contribution in [2.45, 2.75) is 0 Å². The maximum absolute atomic E-state index is 6.19. The first kappa shape index (κ1) is 23.8. The van der Waals surface area contributed by atoms with Crippen LogP contribution in [0.15, 0.2) is 168 Å². The molecule has 0 unspecified atom stereocenters. The molecule has 0 saturated carbocycles. The Bertz CT molecular complexity index is 1850. The predicted molar refractivity (Wildman–Crippen MR) is 167 cm³/mol. The van der Waals surface area contributed by atoms with Gasteiger partial charge in [-0.3, -0.25) is 0 Å². The number of fused-ring (bicyclic) bond motifs is 1. The number of anilines is 3. The van der Waals surface area contributed by atoms with Crippen LogP contribution in [-0.4, -0.2) is 0 Å². The lowest BCUT2D eigenvalue weighted by Crippen LogP contribution is -2.09. The van der Waals surface area contributed by atoms with E-state index in [0.29, 0.717) is 0 Å². The zero-order valence-electron chi connectivity index (χ0n) is 21.9. The predicted octanol–water partition coefficient (Wildman–Crippen LogP) is 10.9. The van der Waals surface area contributed by atoms with Crippen molar-refractivity contribution in [3.05, 3.63) is 164 Å². The molecule has 0 aliphatic heterocycles. The smallest absolute Gasteiger partial charge is 0.135 e. The van der Waals surface area contributed by atoms with Crippen molar-refractivity contribution in [2.75, 3.05) is 4.90 Å². The van der Waals surface area contributed by atoms with Gasteiger partial charge >= 0.3 is 0 Å². The second-order valence-corrected chi connectivity index (χ2v) is 9.86. The highest BCUT2D eigenvalue weighted by Gasteiger charge is 2.15. The van der Waals surface area contributed by atoms with Gasteiger partial charge in [-0.05, 0) is 76.9 Å². The summed E-state index contributed by atoms with van der Waals surface area (Å²) in [6.07, 6.45) is 0. The number of hydrogen-bond acceptors (Lipinski definition) is 2. The average molecular weight is 514 g/mol. The van der Waals surface area contributed by atoms with Gasteiger partial charge in [-0.25, -0.2) is 0 Å². The first-order valence-electron chi connectivity index (χ1n) is 13.5. The van der Waals surface area contributed by atoms with E-state index >= 15 is 0 Å². The molecule has 0 aliphatic rings. The normalized spacial score (nSPS) is 11.0. The van der Waals surface area contributed by atoms with E-state index in [-0.39, 0.29) is 0 Å². The molecule has 190 valence electrons. The molecule has 7 rings (SSSR count). The van der Waals surface area contributed by atoms with Crippen LogP contribution in [0, 0.1) is 0 Å². The molecule has 0 saturated heterocycles. The molecule has 0 fully saturated rings. The number of rotatable bonds is 6. The molecule has 2 nitrogen and oxygen atoms in total. The fourth-order valence-electron chi connectivity index (χ4n) is 5.26. The van der Waals surface area contributed by atoms with Crippen LogP contribution >= 0.6 is 0 Å². The lowest BCUT2D eigenvalue weighted by Gasteiger charge is -2.26. The second kappa shape index (κ2) is 10.4. The summed E-state index contributed by atoms with van der Waals surface area (Å²) < 4.78 is 6.19. The van der Waals surface area contributed by atoms with Gasteiger partial charge in [0.05, 0.1) is 0 Å². The molecule has 40 heavy (non-hydrogen) atoms. The number of furan rings is 1. The monoisotopic (exact) mass is 513 g/mol. The summed E-state index contributed by atoms with van der Waals surface area (Å²) in [5.41, 5.74) is 10.0. The molecule has 0 atom stereocenters. The molecular formula is C38H27NO. The summed E-state index contributed by atoms with van der Waals surface area (Å²) in [5, 5.41) is 1.11. The van der Waals surface area contributed by atoms with Crippen LogP contribution in [0.3, 0.4) is 0 Å². The minimum absolute atomic E-state index is 0.865. The number of benzene rings is 6. The molecule has 1 heterocycles. The van der Waals surface area contributed by atoms with Gasteiger partial charge in [0.2, 0.25) is 0 Å². The Morgan fingerprint density at radius 2 is 0.900 bits per heavy atom. The van der Waals surface area contributed by atoms with Crippen molar-refractivity contribution in [1.29, 1.82) is 0 Å². The Hall–Kier alpha value is -5.34. The highest BCUT2D eigenvalue weighted by Crippen LogP contribution is 2.38. The van der Waals surface area contributed by atoms with Gasteiger partial charge in [0.25, 0.3) is 0 Å². The molecule has 1 aromatic heterocycles. The van der Waals surface area contributed by atoms with Crippen LogP contribution in [0.4, 0.5) is 17.1 Å². The standard InChI is InChI=1S/C38H27NO/c1-3-11-28(12-4-1)30-14-9-15-31(25-30)29-21-23-35(24-22-29)39(34-17-5-2-6-18-34)36-19-10-16-32(26-36)38-27-33-13-7-8-20-37(33)40-38/h1-27H. The van der Waals surface area contributed by atoms with E-state index in [1.165, 1.54) is 22.3 Å². The molecule has 0 amide bonds. The van der Waals surface area contributed by atoms with Crippen LogP contribution in [0.1, 0.15) is 0 Å². The minimum Gasteiger partial charge on any atom is -0.456 e. The Morgan fingerprint density at radius 3 is 1.65 bits per heavy atom. The number of para-hydroxylation sites is 2. The third-order valence-corrected chi connectivity index (χ3v) is 7.26. The number of hydrogen-bond donors (Lipinski definition) is 0. The molecular weight excluding hydrogens is 486 g/mol. The van der Waals surface area contributed by atoms with Gasteiger partial charge in [0, 0.05) is 28.0 Å². The Labute approximate surface area is 234 Å². The first-order valence-corrected chi connectivity index (χ1v) is 13.5. The summed E-state index contributed by atoms with van der Waals surface area (Å²) in [6, 6.07) is 57.4. The zero-order valence-corrected chi connectivity index (χ0v) is 21.9. The molecule has 0 aliphatic carbocycles. The van der Waals surface area contributed by atoms with Crippen LogP contribution in [0.25, 0.3) is 44.5 Å². The zero-order chi connectivity index (χ0) is 26.7. The molecule has 2 heteroatoms. The Kier molecular flexibility index (Phi) is 6.20. The van der Waals surface area contributed by atoms with E-state index in [1.807, 2.05) is 18.2 Å². The fraction of sp³-hybridized carbons (Fsp3) is 0. The van der Waals surface area contributed by atoms with Crippen LogP contribution in [0.5, 0.6) is 0 Å². The quantitative estimate of drug-likeness (QED) is 0.220. The molecule has 7 aromatic rings. The van der Waals surface area contributed by atoms with Crippen LogP contribution < -0.4 is 4.90 Å². The molecule has 6 aromatic carbocycles. The molecule has 0 N–H and O–H groups in total. The van der Waals surface area contributed by atoms with Gasteiger partial charge in [-0.1, -0.05) is 109 Å². The van der Waals surface area contributed by atoms with E-state index < -0.39 is 0 Å². The van der Waals surface area contributed by atoms with Crippen molar-refractivity contribution in [2.24, 2.45) is 0 Å². The maximum atomic E-state index is 6.19. The van der Waals surface area contributed by atoms with Crippen molar-refractivity contribution in [1.82, 2.24) is 0 Å². The summed E-state index contributed by atoms with van der Waals surface area (Å²) in [6.45, 7) is 0. The lowest BCUT2D eigenvalue weighted by molar-refractivity contribution is 0.631. The third kappa shape index (κ3) is 4.68. The molecule has 0 spiro atoms. The summed E-state index contributed by atoms with van der Waals surface area (Å²) >= 11 is 0. The van der Waals surface area contributed by atoms with Crippen molar-refractivity contribution < 1.29 is 4.42 Å². The highest BCUT2D eigenvalue weighted by molar-refractivity contribution is 5.85. The van der Waals surface area contributed by atoms with Gasteiger partial charge in [-0.2, -0.15) is 0 Å². The van der Waals surface area contributed by atoms with E-state index in [2.05, 4.69) is 150 Å². The SMILES string of the molecule is c1ccc(-c2cccc(-c3ccc(N(c4ccccc4)c4cccc(-c5cc6ccccc6o5)c4)cc3)c2)cc1. The topological polar surface area (TPSA) is 16.4 Å². The molecule has 0 radical (unpaired) electrons. The van der Waals surface area contributed by atoms with Crippen LogP contribution in [0.2, 0.25) is 0 Å². The van der Waals surface area contributed by atoms with Gasteiger partial charge in [0.1, 0.15) is 11.3 Å². The Balaban J connectivity index is 1.26. The van der Waals surface area contributed by atoms with Crippen molar-refractivity contribution >= 4 is 28.0 Å². The van der Waals surface area contributed by atoms with Gasteiger partial charge < -0.3 is 9.32 Å². The van der Waals surface area contributed by atoms with Crippen LogP contribution in [-0.2, 0) is 0 Å². The van der Waals surface area contributed by atoms with Gasteiger partial charge in [-0.15, -0.1) is 0 Å². The molecule has 0 bridgehead atoms. The van der Waals surface area contributed by atoms with Gasteiger partial charge in [0.15, 0.2) is 0 Å². The highest BCUT2D eigenvalue weighted by atomic mass is 16.3. The fourth-order valence-corrected chi connectivity index (χ4v) is 5.26. The summed E-state index contributed by atoms with van der Waals surface area (Å²) in [7, 11) is 0.